The van der Waals surface area contributed by atoms with Crippen molar-refractivity contribution in [3.05, 3.63) is 70.8 Å². The second-order valence-electron chi connectivity index (χ2n) is 5.58. The summed E-state index contributed by atoms with van der Waals surface area (Å²) in [5.41, 5.74) is -1.95. The molecule has 0 unspecified atom stereocenters. The number of halogens is 7. The predicted molar refractivity (Wildman–Crippen MR) is 82.2 cm³/mol. The molecule has 10 heteroatoms. The molecule has 0 radical (unpaired) electrons. The molecule has 0 N–H and O–H groups in total. The van der Waals surface area contributed by atoms with Crippen LogP contribution in [0.15, 0.2) is 59.4 Å². The molecule has 0 saturated carbocycles. The fourth-order valence-corrected chi connectivity index (χ4v) is 2.48. The zero-order chi connectivity index (χ0) is 20.0. The van der Waals surface area contributed by atoms with E-state index in [0.717, 1.165) is 18.2 Å². The number of alkyl halides is 7. The van der Waals surface area contributed by atoms with Crippen LogP contribution in [0.1, 0.15) is 5.82 Å². The summed E-state index contributed by atoms with van der Waals surface area (Å²) in [6.45, 7) is 0. The van der Waals surface area contributed by atoms with Gasteiger partial charge < -0.3 is 0 Å². The van der Waals surface area contributed by atoms with E-state index in [4.69, 9.17) is 0 Å². The van der Waals surface area contributed by atoms with Crippen LogP contribution < -0.4 is 5.56 Å². The third-order valence-corrected chi connectivity index (χ3v) is 3.82. The first-order chi connectivity index (χ1) is 12.5. The lowest BCUT2D eigenvalue weighted by Gasteiger charge is -2.29. The monoisotopic (exact) mass is 390 g/mol. The average Bonchev–Trinajstić information content (AvgIpc) is 2.61. The van der Waals surface area contributed by atoms with Crippen LogP contribution in [0.2, 0.25) is 0 Å². The van der Waals surface area contributed by atoms with E-state index in [1.54, 1.807) is 0 Å². The molecule has 0 bridgehead atoms. The van der Waals surface area contributed by atoms with Gasteiger partial charge in [-0.1, -0.05) is 30.3 Å². The van der Waals surface area contributed by atoms with E-state index < -0.39 is 34.9 Å². The lowest BCUT2D eigenvalue weighted by molar-refractivity contribution is -0.361. The Kier molecular flexibility index (Phi) is 4.24. The van der Waals surface area contributed by atoms with Gasteiger partial charge in [0.15, 0.2) is 5.82 Å². The van der Waals surface area contributed by atoms with E-state index in [0.29, 0.717) is 0 Å². The van der Waals surface area contributed by atoms with Crippen LogP contribution in [-0.2, 0) is 5.92 Å². The normalized spacial score (nSPS) is 13.1. The van der Waals surface area contributed by atoms with Crippen LogP contribution in [-0.4, -0.2) is 21.6 Å². The summed E-state index contributed by atoms with van der Waals surface area (Å²) in [4.78, 5) is 15.9. The van der Waals surface area contributed by atoms with Crippen LogP contribution in [0.25, 0.3) is 16.6 Å². The molecule has 0 fully saturated rings. The maximum absolute atomic E-state index is 14.4. The zero-order valence-electron chi connectivity index (χ0n) is 13.1. The molecule has 0 aliphatic heterocycles. The highest BCUT2D eigenvalue weighted by molar-refractivity contribution is 5.78. The molecule has 142 valence electrons. The Morgan fingerprint density at radius 3 is 1.93 bits per heavy atom. The van der Waals surface area contributed by atoms with E-state index in [1.165, 1.54) is 36.4 Å². The molecule has 1 heterocycles. The van der Waals surface area contributed by atoms with Crippen molar-refractivity contribution >= 4 is 10.9 Å². The molecule has 27 heavy (non-hydrogen) atoms. The smallest absolute Gasteiger partial charge is 0.268 e. The second-order valence-corrected chi connectivity index (χ2v) is 5.58. The van der Waals surface area contributed by atoms with E-state index in [1.807, 2.05) is 0 Å². The number of benzene rings is 2. The van der Waals surface area contributed by atoms with Crippen molar-refractivity contribution in [3.63, 3.8) is 0 Å². The Morgan fingerprint density at radius 1 is 0.778 bits per heavy atom. The number of hydrogen-bond acceptors (Lipinski definition) is 2. The zero-order valence-corrected chi connectivity index (χ0v) is 13.1. The van der Waals surface area contributed by atoms with Gasteiger partial charge in [-0.25, -0.2) is 4.98 Å². The molecule has 3 aromatic rings. The quantitative estimate of drug-likeness (QED) is 0.609. The molecule has 2 aromatic carbocycles. The molecule has 0 aliphatic rings. The Morgan fingerprint density at radius 2 is 1.33 bits per heavy atom. The maximum atomic E-state index is 14.4. The minimum absolute atomic E-state index is 0.0714. The van der Waals surface area contributed by atoms with Crippen molar-refractivity contribution in [2.75, 3.05) is 0 Å². The molecule has 3 nitrogen and oxygen atoms in total. The average molecular weight is 390 g/mol. The molecule has 0 amide bonds. The molecule has 0 spiro atoms. The summed E-state index contributed by atoms with van der Waals surface area (Å²) >= 11 is 0. The van der Waals surface area contributed by atoms with Gasteiger partial charge >= 0.3 is 18.0 Å². The van der Waals surface area contributed by atoms with E-state index in [-0.39, 0.29) is 15.6 Å². The van der Waals surface area contributed by atoms with Gasteiger partial charge in [0.05, 0.1) is 16.6 Å². The molecule has 3 rings (SSSR count). The standard InChI is InChI=1S/C17H9F7N2O/c18-15(19,16(20,21)17(22,23)24)14-25-12-9-5-4-8-11(12)13(27)26(14)10-6-2-1-3-7-10/h1-9H. The van der Waals surface area contributed by atoms with E-state index in [9.17, 15) is 35.5 Å². The van der Waals surface area contributed by atoms with Crippen LogP contribution in [0.3, 0.4) is 0 Å². The predicted octanol–water partition coefficient (Wildman–Crippen LogP) is 4.68. The van der Waals surface area contributed by atoms with Crippen molar-refractivity contribution in [1.82, 2.24) is 9.55 Å². The topological polar surface area (TPSA) is 34.9 Å². The number of rotatable bonds is 3. The van der Waals surface area contributed by atoms with Gasteiger partial charge in [0.25, 0.3) is 5.56 Å². The fraction of sp³-hybridized carbons (Fsp3) is 0.176. The molecule has 1 aromatic heterocycles. The van der Waals surface area contributed by atoms with Crippen molar-refractivity contribution in [2.45, 2.75) is 18.0 Å². The van der Waals surface area contributed by atoms with E-state index in [2.05, 4.69) is 4.98 Å². The minimum atomic E-state index is -6.55. The highest BCUT2D eigenvalue weighted by Crippen LogP contribution is 2.51. The fourth-order valence-electron chi connectivity index (χ4n) is 2.48. The highest BCUT2D eigenvalue weighted by Gasteiger charge is 2.75. The largest absolute Gasteiger partial charge is 0.460 e. The Bertz CT molecular complexity index is 1040. The number of aromatic nitrogens is 2. The van der Waals surface area contributed by atoms with Gasteiger partial charge in [0, 0.05) is 0 Å². The van der Waals surface area contributed by atoms with Crippen LogP contribution in [0.4, 0.5) is 30.7 Å². The van der Waals surface area contributed by atoms with Gasteiger partial charge in [-0.15, -0.1) is 0 Å². The first kappa shape index (κ1) is 18.9. The third kappa shape index (κ3) is 2.84. The molecule has 0 saturated heterocycles. The Balaban J connectivity index is 2.44. The maximum Gasteiger partial charge on any atom is 0.460 e. The van der Waals surface area contributed by atoms with Crippen molar-refractivity contribution in [3.8, 4) is 5.69 Å². The first-order valence-electron chi connectivity index (χ1n) is 7.38. The van der Waals surface area contributed by atoms with Crippen LogP contribution in [0, 0.1) is 0 Å². The molecule has 0 aliphatic carbocycles. The summed E-state index contributed by atoms with van der Waals surface area (Å²) in [5.74, 6) is -14.2. The summed E-state index contributed by atoms with van der Waals surface area (Å²) in [6, 6.07) is 11.2. The molecular weight excluding hydrogens is 381 g/mol. The Labute approximate surface area is 146 Å². The number of nitrogens with zero attached hydrogens (tertiary/aromatic N) is 2. The second kappa shape index (κ2) is 6.07. The van der Waals surface area contributed by atoms with Crippen molar-refractivity contribution in [2.24, 2.45) is 0 Å². The van der Waals surface area contributed by atoms with Gasteiger partial charge in [-0.05, 0) is 24.3 Å². The van der Waals surface area contributed by atoms with Crippen molar-refractivity contribution < 1.29 is 30.7 Å². The highest BCUT2D eigenvalue weighted by atomic mass is 19.4. The van der Waals surface area contributed by atoms with Crippen LogP contribution >= 0.6 is 0 Å². The lowest BCUT2D eigenvalue weighted by Crippen LogP contribution is -2.52. The molecule has 0 atom stereocenters. The third-order valence-electron chi connectivity index (χ3n) is 3.82. The Hall–Kier alpha value is -2.91. The number of hydrogen-bond donors (Lipinski definition) is 0. The van der Waals surface area contributed by atoms with Crippen molar-refractivity contribution in [1.29, 1.82) is 0 Å². The van der Waals surface area contributed by atoms with Gasteiger partial charge in [-0.2, -0.15) is 30.7 Å². The van der Waals surface area contributed by atoms with Gasteiger partial charge in [0.1, 0.15) is 0 Å². The van der Waals surface area contributed by atoms with Gasteiger partial charge in [-0.3, -0.25) is 9.36 Å². The number of para-hydroxylation sites is 2. The summed E-state index contributed by atoms with van der Waals surface area (Å²) in [6.07, 6.45) is -6.55. The van der Waals surface area contributed by atoms with Gasteiger partial charge in [0.2, 0.25) is 0 Å². The molecular formula is C17H9F7N2O. The summed E-state index contributed by atoms with van der Waals surface area (Å²) < 4.78 is 93.9. The lowest BCUT2D eigenvalue weighted by atomic mass is 10.1. The van der Waals surface area contributed by atoms with E-state index >= 15 is 0 Å². The summed E-state index contributed by atoms with van der Waals surface area (Å²) in [7, 11) is 0. The summed E-state index contributed by atoms with van der Waals surface area (Å²) in [5, 5.41) is -0.212. The SMILES string of the molecule is O=c1c2ccccc2nc(C(F)(F)C(F)(F)C(F)(F)F)n1-c1ccccc1. The minimum Gasteiger partial charge on any atom is -0.268 e. The number of fused-ring (bicyclic) bond motifs is 1. The first-order valence-corrected chi connectivity index (χ1v) is 7.38. The van der Waals surface area contributed by atoms with Crippen LogP contribution in [0.5, 0.6) is 0 Å².